The SMILES string of the molecule is CCCNC(=O)c1cc2ccccc2cc1NS(=O)(=O)c1cccs1. The third-order valence-corrected chi connectivity index (χ3v) is 6.43. The van der Waals surface area contributed by atoms with E-state index in [9.17, 15) is 13.2 Å². The summed E-state index contributed by atoms with van der Waals surface area (Å²) in [5.41, 5.74) is 0.591. The van der Waals surface area contributed by atoms with E-state index in [0.717, 1.165) is 28.5 Å². The first-order valence-corrected chi connectivity index (χ1v) is 10.2. The smallest absolute Gasteiger partial charge is 0.271 e. The van der Waals surface area contributed by atoms with Crippen LogP contribution in [0.2, 0.25) is 0 Å². The highest BCUT2D eigenvalue weighted by atomic mass is 32.2. The van der Waals surface area contributed by atoms with Gasteiger partial charge in [-0.05, 0) is 40.8 Å². The van der Waals surface area contributed by atoms with Gasteiger partial charge in [0, 0.05) is 6.54 Å². The second kappa shape index (κ2) is 7.25. The number of carbonyl (C=O) groups is 1. The van der Waals surface area contributed by atoms with Crippen molar-refractivity contribution in [3.8, 4) is 0 Å². The summed E-state index contributed by atoms with van der Waals surface area (Å²) in [6, 6.07) is 14.1. The van der Waals surface area contributed by atoms with Gasteiger partial charge in [0.05, 0.1) is 11.3 Å². The van der Waals surface area contributed by atoms with Crippen molar-refractivity contribution in [2.75, 3.05) is 11.3 Å². The maximum absolute atomic E-state index is 12.6. The van der Waals surface area contributed by atoms with Crippen LogP contribution in [0.5, 0.6) is 0 Å². The van der Waals surface area contributed by atoms with Gasteiger partial charge in [-0.1, -0.05) is 37.3 Å². The monoisotopic (exact) mass is 374 g/mol. The molecule has 0 saturated heterocycles. The minimum atomic E-state index is -3.73. The molecule has 0 aliphatic rings. The molecule has 0 saturated carbocycles. The van der Waals surface area contributed by atoms with Crippen LogP contribution >= 0.6 is 11.3 Å². The summed E-state index contributed by atoms with van der Waals surface area (Å²) in [5, 5.41) is 6.24. The molecule has 1 heterocycles. The molecular formula is C18H18N2O3S2. The lowest BCUT2D eigenvalue weighted by molar-refractivity contribution is 0.0954. The van der Waals surface area contributed by atoms with Crippen molar-refractivity contribution in [3.05, 3.63) is 59.5 Å². The van der Waals surface area contributed by atoms with Crippen molar-refractivity contribution < 1.29 is 13.2 Å². The van der Waals surface area contributed by atoms with Gasteiger partial charge in [0.15, 0.2) is 0 Å². The number of anilines is 1. The van der Waals surface area contributed by atoms with Gasteiger partial charge in [-0.3, -0.25) is 9.52 Å². The quantitative estimate of drug-likeness (QED) is 0.688. The molecule has 2 aromatic carbocycles. The molecule has 0 spiro atoms. The normalized spacial score (nSPS) is 11.4. The van der Waals surface area contributed by atoms with Crippen molar-refractivity contribution in [2.45, 2.75) is 17.6 Å². The zero-order valence-corrected chi connectivity index (χ0v) is 15.3. The standard InChI is InChI=1S/C18H18N2O3S2/c1-2-9-19-18(21)15-11-13-6-3-4-7-14(13)12-16(15)20-25(22,23)17-8-5-10-24-17/h3-8,10-12,20H,2,9H2,1H3,(H,19,21). The van der Waals surface area contributed by atoms with E-state index in [4.69, 9.17) is 0 Å². The minimum Gasteiger partial charge on any atom is -0.352 e. The van der Waals surface area contributed by atoms with Crippen LogP contribution in [0.3, 0.4) is 0 Å². The number of rotatable bonds is 6. The van der Waals surface area contributed by atoms with Crippen LogP contribution in [0, 0.1) is 0 Å². The number of carbonyl (C=O) groups excluding carboxylic acids is 1. The van der Waals surface area contributed by atoms with E-state index in [0.29, 0.717) is 12.1 Å². The van der Waals surface area contributed by atoms with Crippen LogP contribution in [0.1, 0.15) is 23.7 Å². The summed E-state index contributed by atoms with van der Waals surface area (Å²) in [6.45, 7) is 2.49. The lowest BCUT2D eigenvalue weighted by atomic mass is 10.0. The molecule has 7 heteroatoms. The number of fused-ring (bicyclic) bond motifs is 1. The predicted octanol–water partition coefficient (Wildman–Crippen LogP) is 3.84. The molecule has 5 nitrogen and oxygen atoms in total. The molecule has 0 aliphatic carbocycles. The number of amides is 1. The van der Waals surface area contributed by atoms with E-state index in [2.05, 4.69) is 10.0 Å². The molecular weight excluding hydrogens is 356 g/mol. The molecule has 1 amide bonds. The van der Waals surface area contributed by atoms with Gasteiger partial charge in [0.25, 0.3) is 15.9 Å². The fourth-order valence-electron chi connectivity index (χ4n) is 2.46. The van der Waals surface area contributed by atoms with Gasteiger partial charge in [-0.25, -0.2) is 8.42 Å². The molecule has 130 valence electrons. The van der Waals surface area contributed by atoms with Crippen LogP contribution in [0.4, 0.5) is 5.69 Å². The highest BCUT2D eigenvalue weighted by Gasteiger charge is 2.20. The molecule has 3 aromatic rings. The largest absolute Gasteiger partial charge is 0.352 e. The number of thiophene rings is 1. The van der Waals surface area contributed by atoms with Gasteiger partial charge in [-0.15, -0.1) is 11.3 Å². The van der Waals surface area contributed by atoms with E-state index in [1.54, 1.807) is 23.6 Å². The summed E-state index contributed by atoms with van der Waals surface area (Å²) < 4.78 is 27.9. The zero-order chi connectivity index (χ0) is 17.9. The van der Waals surface area contributed by atoms with Crippen molar-refractivity contribution in [2.24, 2.45) is 0 Å². The first kappa shape index (κ1) is 17.4. The first-order valence-electron chi connectivity index (χ1n) is 7.88. The first-order chi connectivity index (χ1) is 12.0. The topological polar surface area (TPSA) is 75.3 Å². The Morgan fingerprint density at radius 2 is 1.80 bits per heavy atom. The molecule has 0 unspecified atom stereocenters. The number of nitrogens with one attached hydrogen (secondary N) is 2. The van der Waals surface area contributed by atoms with Gasteiger partial charge in [0.2, 0.25) is 0 Å². The van der Waals surface area contributed by atoms with E-state index in [1.807, 2.05) is 31.2 Å². The molecule has 0 radical (unpaired) electrons. The fourth-order valence-corrected chi connectivity index (χ4v) is 4.52. The fraction of sp³-hybridized carbons (Fsp3) is 0.167. The zero-order valence-electron chi connectivity index (χ0n) is 13.7. The molecule has 0 bridgehead atoms. The number of sulfonamides is 1. The van der Waals surface area contributed by atoms with Gasteiger partial charge >= 0.3 is 0 Å². The van der Waals surface area contributed by atoms with Crippen molar-refractivity contribution in [1.29, 1.82) is 0 Å². The summed E-state index contributed by atoms with van der Waals surface area (Å²) in [7, 11) is -3.73. The van der Waals surface area contributed by atoms with Crippen LogP contribution in [-0.2, 0) is 10.0 Å². The van der Waals surface area contributed by atoms with Crippen LogP contribution < -0.4 is 10.0 Å². The maximum atomic E-state index is 12.6. The predicted molar refractivity (Wildman–Crippen MR) is 102 cm³/mol. The van der Waals surface area contributed by atoms with Crippen molar-refractivity contribution in [3.63, 3.8) is 0 Å². The Hall–Kier alpha value is -2.38. The Bertz CT molecular complexity index is 996. The molecule has 0 atom stereocenters. The summed E-state index contributed by atoms with van der Waals surface area (Å²) in [4.78, 5) is 12.5. The van der Waals surface area contributed by atoms with Gasteiger partial charge < -0.3 is 5.32 Å². The third kappa shape index (κ3) is 3.83. The Morgan fingerprint density at radius 3 is 2.44 bits per heavy atom. The lowest BCUT2D eigenvalue weighted by Gasteiger charge is -2.13. The Morgan fingerprint density at radius 1 is 1.08 bits per heavy atom. The Kier molecular flexibility index (Phi) is 5.06. The highest BCUT2D eigenvalue weighted by Crippen LogP contribution is 2.27. The Balaban J connectivity index is 2.06. The minimum absolute atomic E-state index is 0.209. The lowest BCUT2D eigenvalue weighted by Crippen LogP contribution is -2.25. The summed E-state index contributed by atoms with van der Waals surface area (Å²) >= 11 is 1.13. The molecule has 0 aliphatic heterocycles. The van der Waals surface area contributed by atoms with Crippen LogP contribution in [-0.4, -0.2) is 20.9 Å². The van der Waals surface area contributed by atoms with E-state index in [1.165, 1.54) is 6.07 Å². The molecule has 1 aromatic heterocycles. The van der Waals surface area contributed by atoms with Crippen LogP contribution in [0.15, 0.2) is 58.1 Å². The Labute approximate surface area is 150 Å². The molecule has 2 N–H and O–H groups in total. The van der Waals surface area contributed by atoms with E-state index < -0.39 is 10.0 Å². The van der Waals surface area contributed by atoms with Crippen LogP contribution in [0.25, 0.3) is 10.8 Å². The average molecular weight is 374 g/mol. The molecule has 0 fully saturated rings. The van der Waals surface area contributed by atoms with Gasteiger partial charge in [0.1, 0.15) is 4.21 Å². The number of hydrogen-bond donors (Lipinski definition) is 2. The number of benzene rings is 2. The molecule has 25 heavy (non-hydrogen) atoms. The maximum Gasteiger partial charge on any atom is 0.271 e. The second-order valence-electron chi connectivity index (χ2n) is 5.54. The average Bonchev–Trinajstić information content (AvgIpc) is 3.14. The van der Waals surface area contributed by atoms with Gasteiger partial charge in [-0.2, -0.15) is 0 Å². The number of hydrogen-bond acceptors (Lipinski definition) is 4. The highest BCUT2D eigenvalue weighted by molar-refractivity contribution is 7.94. The van der Waals surface area contributed by atoms with E-state index >= 15 is 0 Å². The van der Waals surface area contributed by atoms with Crippen molar-refractivity contribution in [1.82, 2.24) is 5.32 Å². The van der Waals surface area contributed by atoms with Crippen molar-refractivity contribution >= 4 is 43.7 Å². The van der Waals surface area contributed by atoms with E-state index in [-0.39, 0.29) is 15.8 Å². The molecule has 3 rings (SSSR count). The summed E-state index contributed by atoms with van der Waals surface area (Å²) in [5.74, 6) is -0.295. The third-order valence-electron chi connectivity index (χ3n) is 3.67. The summed E-state index contributed by atoms with van der Waals surface area (Å²) in [6.07, 6.45) is 0.801. The second-order valence-corrected chi connectivity index (χ2v) is 8.40.